The first kappa shape index (κ1) is 22.7. The minimum absolute atomic E-state index is 0.0150. The zero-order chi connectivity index (χ0) is 22.9. The summed E-state index contributed by atoms with van der Waals surface area (Å²) in [6.07, 6.45) is 3.95. The molecule has 1 aromatic heterocycles. The number of rotatable bonds is 4. The van der Waals surface area contributed by atoms with Gasteiger partial charge in [-0.05, 0) is 43.6 Å². The molecule has 0 saturated carbocycles. The fraction of sp³-hybridized carbons (Fsp3) is 0.522. The highest BCUT2D eigenvalue weighted by molar-refractivity contribution is 6.42. The molecule has 2 amide bonds. The molecule has 0 bridgehead atoms. The SMILES string of the molecule is O=C(c1ccno1)N1CCN(C(=O)Cc2ccc(Cl)c(Cl)c2)[C@@H]2C(N3CCCC3)COCC21. The standard InChI is InChI=1S/C23H26Cl2N4O4/c24-16-4-3-15(11-17(16)25)12-21(30)29-10-9-28(23(31)20-5-6-26-33-20)19-14-32-13-18(22(19)29)27-7-1-2-8-27/h3-6,11,18-19,22H,1-2,7-10,12-14H2/t18?,19?,22-/m1/s1. The Balaban J connectivity index is 1.42. The van der Waals surface area contributed by atoms with E-state index >= 15 is 0 Å². The van der Waals surface area contributed by atoms with E-state index in [-0.39, 0.29) is 42.1 Å². The lowest BCUT2D eigenvalue weighted by Crippen LogP contribution is -2.72. The lowest BCUT2D eigenvalue weighted by atomic mass is 9.90. The molecule has 8 nitrogen and oxygen atoms in total. The van der Waals surface area contributed by atoms with Gasteiger partial charge in [0.05, 0.1) is 54.0 Å². The summed E-state index contributed by atoms with van der Waals surface area (Å²) in [5.41, 5.74) is 0.816. The van der Waals surface area contributed by atoms with Gasteiger partial charge in [0, 0.05) is 19.2 Å². The number of aromatic nitrogens is 1. The molecule has 0 aliphatic carbocycles. The Bertz CT molecular complexity index is 1010. The molecule has 2 aromatic rings. The van der Waals surface area contributed by atoms with Crippen LogP contribution in [0.5, 0.6) is 0 Å². The highest BCUT2D eigenvalue weighted by Crippen LogP contribution is 2.31. The number of benzene rings is 1. The van der Waals surface area contributed by atoms with Crippen molar-refractivity contribution in [3.05, 3.63) is 51.8 Å². The fourth-order valence-corrected chi connectivity index (χ4v) is 5.64. The molecule has 2 unspecified atom stereocenters. The maximum atomic E-state index is 13.5. The second kappa shape index (κ2) is 9.62. The number of hydrogen-bond acceptors (Lipinski definition) is 6. The van der Waals surface area contributed by atoms with Crippen molar-refractivity contribution in [2.45, 2.75) is 37.4 Å². The molecule has 5 rings (SSSR count). The number of likely N-dealkylation sites (tertiary alicyclic amines) is 1. The second-order valence-corrected chi connectivity index (χ2v) is 9.61. The highest BCUT2D eigenvalue weighted by Gasteiger charge is 2.49. The van der Waals surface area contributed by atoms with Gasteiger partial charge in [-0.1, -0.05) is 34.4 Å². The van der Waals surface area contributed by atoms with Crippen LogP contribution in [0, 0.1) is 0 Å². The van der Waals surface area contributed by atoms with Crippen molar-refractivity contribution in [3.63, 3.8) is 0 Å². The first-order chi connectivity index (χ1) is 16.0. The van der Waals surface area contributed by atoms with E-state index in [1.54, 1.807) is 23.1 Å². The largest absolute Gasteiger partial charge is 0.378 e. The molecular formula is C23H26Cl2N4O4. The van der Waals surface area contributed by atoms with Crippen molar-refractivity contribution >= 4 is 35.0 Å². The van der Waals surface area contributed by atoms with Gasteiger partial charge in [0.25, 0.3) is 5.91 Å². The molecule has 10 heteroatoms. The average molecular weight is 493 g/mol. The summed E-state index contributed by atoms with van der Waals surface area (Å²) in [6, 6.07) is 6.47. The van der Waals surface area contributed by atoms with Gasteiger partial charge in [-0.25, -0.2) is 0 Å². The van der Waals surface area contributed by atoms with Crippen LogP contribution in [0.4, 0.5) is 0 Å². The van der Waals surface area contributed by atoms with E-state index in [1.165, 1.54) is 6.20 Å². The summed E-state index contributed by atoms with van der Waals surface area (Å²) in [5, 5.41) is 4.57. The summed E-state index contributed by atoms with van der Waals surface area (Å²) < 4.78 is 11.1. The number of halogens is 2. The Labute approximate surface area is 202 Å². The maximum absolute atomic E-state index is 13.5. The van der Waals surface area contributed by atoms with Crippen molar-refractivity contribution in [2.24, 2.45) is 0 Å². The number of amides is 2. The van der Waals surface area contributed by atoms with E-state index in [1.807, 2.05) is 11.0 Å². The van der Waals surface area contributed by atoms with Crippen molar-refractivity contribution < 1.29 is 18.8 Å². The van der Waals surface area contributed by atoms with Gasteiger partial charge in [-0.15, -0.1) is 0 Å². The minimum Gasteiger partial charge on any atom is -0.378 e. The van der Waals surface area contributed by atoms with Crippen LogP contribution in [-0.4, -0.2) is 89.2 Å². The monoisotopic (exact) mass is 492 g/mol. The lowest BCUT2D eigenvalue weighted by molar-refractivity contribution is -0.149. The molecule has 33 heavy (non-hydrogen) atoms. The van der Waals surface area contributed by atoms with Crippen molar-refractivity contribution in [2.75, 3.05) is 39.4 Å². The van der Waals surface area contributed by atoms with E-state index in [4.69, 9.17) is 32.5 Å². The van der Waals surface area contributed by atoms with Crippen molar-refractivity contribution in [1.82, 2.24) is 19.9 Å². The van der Waals surface area contributed by atoms with Gasteiger partial charge in [-0.2, -0.15) is 0 Å². The topological polar surface area (TPSA) is 79.1 Å². The van der Waals surface area contributed by atoms with E-state index in [0.29, 0.717) is 36.3 Å². The van der Waals surface area contributed by atoms with Gasteiger partial charge in [-0.3, -0.25) is 14.5 Å². The summed E-state index contributed by atoms with van der Waals surface area (Å²) >= 11 is 12.2. The summed E-state index contributed by atoms with van der Waals surface area (Å²) in [6.45, 7) is 3.73. The van der Waals surface area contributed by atoms with E-state index < -0.39 is 0 Å². The van der Waals surface area contributed by atoms with Crippen LogP contribution < -0.4 is 0 Å². The summed E-state index contributed by atoms with van der Waals surface area (Å²) in [4.78, 5) is 32.9. The molecule has 176 valence electrons. The van der Waals surface area contributed by atoms with Crippen LogP contribution in [0.1, 0.15) is 29.0 Å². The molecule has 0 spiro atoms. The van der Waals surface area contributed by atoms with Gasteiger partial charge in [0.1, 0.15) is 0 Å². The van der Waals surface area contributed by atoms with Gasteiger partial charge >= 0.3 is 0 Å². The number of hydrogen-bond donors (Lipinski definition) is 0. The Kier molecular flexibility index (Phi) is 6.60. The number of piperazine rings is 1. The molecular weight excluding hydrogens is 467 g/mol. The third-order valence-corrected chi connectivity index (χ3v) is 7.63. The summed E-state index contributed by atoms with van der Waals surface area (Å²) in [7, 11) is 0. The quantitative estimate of drug-likeness (QED) is 0.652. The fourth-order valence-electron chi connectivity index (χ4n) is 5.31. The smallest absolute Gasteiger partial charge is 0.292 e. The van der Waals surface area contributed by atoms with Crippen LogP contribution in [0.2, 0.25) is 10.0 Å². The average Bonchev–Trinajstić information content (AvgIpc) is 3.54. The van der Waals surface area contributed by atoms with Gasteiger partial charge in [0.2, 0.25) is 11.7 Å². The molecule has 3 aliphatic rings. The normalized spacial score (nSPS) is 25.8. The minimum atomic E-state index is -0.256. The number of fused-ring (bicyclic) bond motifs is 1. The van der Waals surface area contributed by atoms with Crippen molar-refractivity contribution in [1.29, 1.82) is 0 Å². The molecule has 0 radical (unpaired) electrons. The molecule has 3 saturated heterocycles. The lowest BCUT2D eigenvalue weighted by Gasteiger charge is -2.54. The molecule has 0 N–H and O–H groups in total. The van der Waals surface area contributed by atoms with Crippen molar-refractivity contribution in [3.8, 4) is 0 Å². The summed E-state index contributed by atoms with van der Waals surface area (Å²) in [5.74, 6) is -0.00127. The zero-order valence-electron chi connectivity index (χ0n) is 18.2. The first-order valence-electron chi connectivity index (χ1n) is 11.3. The molecule has 3 atom stereocenters. The number of carbonyl (C=O) groups is 2. The Morgan fingerprint density at radius 3 is 2.45 bits per heavy atom. The predicted molar refractivity (Wildman–Crippen MR) is 122 cm³/mol. The molecule has 1 aromatic carbocycles. The predicted octanol–water partition coefficient (Wildman–Crippen LogP) is 2.74. The number of carbonyl (C=O) groups excluding carboxylic acids is 2. The van der Waals surface area contributed by atoms with Crippen LogP contribution >= 0.6 is 23.2 Å². The Hall–Kier alpha value is -2.13. The second-order valence-electron chi connectivity index (χ2n) is 8.79. The maximum Gasteiger partial charge on any atom is 0.292 e. The van der Waals surface area contributed by atoms with Crippen LogP contribution in [0.25, 0.3) is 0 Å². The number of ether oxygens (including phenoxy) is 1. The zero-order valence-corrected chi connectivity index (χ0v) is 19.7. The molecule has 3 aliphatic heterocycles. The van der Waals surface area contributed by atoms with Gasteiger partial charge in [0.15, 0.2) is 0 Å². The third kappa shape index (κ3) is 4.49. The van der Waals surface area contributed by atoms with Crippen LogP contribution in [-0.2, 0) is 16.0 Å². The third-order valence-electron chi connectivity index (χ3n) is 6.89. The molecule has 3 fully saturated rings. The molecule has 4 heterocycles. The Morgan fingerprint density at radius 1 is 0.970 bits per heavy atom. The van der Waals surface area contributed by atoms with E-state index in [0.717, 1.165) is 31.5 Å². The Morgan fingerprint density at radius 2 is 1.73 bits per heavy atom. The van der Waals surface area contributed by atoms with Crippen LogP contribution in [0.3, 0.4) is 0 Å². The highest BCUT2D eigenvalue weighted by atomic mass is 35.5. The van der Waals surface area contributed by atoms with E-state index in [9.17, 15) is 9.59 Å². The number of nitrogens with zero attached hydrogens (tertiary/aromatic N) is 4. The van der Waals surface area contributed by atoms with Crippen LogP contribution in [0.15, 0.2) is 35.0 Å². The first-order valence-corrected chi connectivity index (χ1v) is 12.1. The van der Waals surface area contributed by atoms with Gasteiger partial charge < -0.3 is 19.1 Å². The van der Waals surface area contributed by atoms with E-state index in [2.05, 4.69) is 10.1 Å².